The third-order valence-electron chi connectivity index (χ3n) is 10.5. The Balaban J connectivity index is 1.60. The van der Waals surface area contributed by atoms with Crippen LogP contribution < -0.4 is 27.0 Å². The van der Waals surface area contributed by atoms with Crippen LogP contribution in [0.2, 0.25) is 0 Å². The average Bonchev–Trinajstić information content (AvgIpc) is 3.65. The molecular weight excluding hydrogens is 676 g/mol. The number of nitrogens with two attached hydrogens (primary N) is 1. The van der Waals surface area contributed by atoms with Crippen LogP contribution in [0.3, 0.4) is 0 Å². The number of ether oxygens (including phenoxy) is 1. The SMILES string of the molecule is CC(C)=CC1C[C@@H](C(=O)NC(CC2CCC2)C(=O)C(N)=O)N(C(=O)[C@@H](NC(=O)N[C@H](COC(=O)NC(C)(C)C)C(C)(C)C)C2Cc3ccccc3C2)C1. The first kappa shape index (κ1) is 41.3. The molecule has 13 heteroatoms. The standard InChI is InChI=1S/C40H60N6O7/c1-23(2)16-25-18-30(35(49)42-29(33(47)34(41)48)17-24-12-11-13-24)46(21-25)36(50)32(28-19-26-14-9-10-15-27(26)20-28)44-37(51)43-31(39(3,4)5)22-53-38(52)45-40(6,7)8/h9-10,14-16,24-25,28-32H,11-13,17-22H2,1-8H3,(H2,41,48)(H,42,49)(H,45,52)(H2,43,44,51)/t25?,29?,30-,31+,32-/m0/s1. The number of alkyl carbamates (subject to hydrolysis) is 1. The maximum Gasteiger partial charge on any atom is 0.407 e. The molecule has 4 rings (SSSR count). The number of amides is 6. The number of carbonyl (C=O) groups excluding carboxylic acids is 6. The van der Waals surface area contributed by atoms with E-state index in [9.17, 15) is 28.8 Å². The zero-order valence-electron chi connectivity index (χ0n) is 32.7. The van der Waals surface area contributed by atoms with Crippen molar-refractivity contribution in [2.45, 2.75) is 130 Å². The molecule has 53 heavy (non-hydrogen) atoms. The molecule has 5 atom stereocenters. The van der Waals surface area contributed by atoms with E-state index in [-0.39, 0.29) is 30.9 Å². The van der Waals surface area contributed by atoms with Crippen LogP contribution in [0.5, 0.6) is 0 Å². The molecule has 1 saturated heterocycles. The van der Waals surface area contributed by atoms with Crippen molar-refractivity contribution in [3.8, 4) is 0 Å². The number of carbonyl (C=O) groups is 6. The highest BCUT2D eigenvalue weighted by Gasteiger charge is 2.45. The van der Waals surface area contributed by atoms with Crippen LogP contribution in [0.15, 0.2) is 35.9 Å². The summed E-state index contributed by atoms with van der Waals surface area (Å²) in [6.45, 7) is 15.3. The lowest BCUT2D eigenvalue weighted by atomic mass is 9.80. The molecule has 1 aliphatic heterocycles. The highest BCUT2D eigenvalue weighted by Crippen LogP contribution is 2.34. The Morgan fingerprint density at radius 1 is 0.943 bits per heavy atom. The van der Waals surface area contributed by atoms with E-state index in [0.29, 0.717) is 25.7 Å². The van der Waals surface area contributed by atoms with E-state index in [1.54, 1.807) is 0 Å². The summed E-state index contributed by atoms with van der Waals surface area (Å²) in [5, 5.41) is 11.5. The van der Waals surface area contributed by atoms with Crippen LogP contribution in [0, 0.1) is 23.2 Å². The predicted molar refractivity (Wildman–Crippen MR) is 201 cm³/mol. The van der Waals surface area contributed by atoms with Gasteiger partial charge >= 0.3 is 12.1 Å². The van der Waals surface area contributed by atoms with Crippen molar-refractivity contribution in [2.75, 3.05) is 13.2 Å². The third-order valence-corrected chi connectivity index (χ3v) is 10.5. The number of fused-ring (bicyclic) bond motifs is 1. The van der Waals surface area contributed by atoms with Gasteiger partial charge in [0.25, 0.3) is 5.91 Å². The van der Waals surface area contributed by atoms with E-state index in [2.05, 4.69) is 21.3 Å². The van der Waals surface area contributed by atoms with Gasteiger partial charge in [-0.15, -0.1) is 0 Å². The molecule has 1 saturated carbocycles. The topological polar surface area (TPSA) is 189 Å². The first-order chi connectivity index (χ1) is 24.7. The lowest BCUT2D eigenvalue weighted by Gasteiger charge is -2.35. The minimum Gasteiger partial charge on any atom is -0.447 e. The van der Waals surface area contributed by atoms with Gasteiger partial charge in [0.15, 0.2) is 0 Å². The monoisotopic (exact) mass is 736 g/mol. The summed E-state index contributed by atoms with van der Waals surface area (Å²) < 4.78 is 5.49. The van der Waals surface area contributed by atoms with Gasteiger partial charge in [-0.3, -0.25) is 19.2 Å². The van der Waals surface area contributed by atoms with E-state index < -0.39 is 70.8 Å². The molecule has 1 aromatic carbocycles. The van der Waals surface area contributed by atoms with Crippen LogP contribution in [0.4, 0.5) is 9.59 Å². The van der Waals surface area contributed by atoms with Crippen LogP contribution in [-0.2, 0) is 36.8 Å². The molecule has 0 bridgehead atoms. The molecule has 2 unspecified atom stereocenters. The van der Waals surface area contributed by atoms with Crippen molar-refractivity contribution < 1.29 is 33.5 Å². The molecule has 0 aromatic heterocycles. The number of rotatable bonds is 13. The fourth-order valence-electron chi connectivity index (χ4n) is 7.42. The normalized spacial score (nSPS) is 20.6. The van der Waals surface area contributed by atoms with E-state index in [0.717, 1.165) is 36.0 Å². The largest absolute Gasteiger partial charge is 0.447 e. The summed E-state index contributed by atoms with van der Waals surface area (Å²) in [4.78, 5) is 81.5. The van der Waals surface area contributed by atoms with E-state index in [1.807, 2.05) is 85.7 Å². The first-order valence-corrected chi connectivity index (χ1v) is 18.9. The summed E-state index contributed by atoms with van der Waals surface area (Å²) in [5.74, 6) is -3.15. The van der Waals surface area contributed by atoms with E-state index >= 15 is 0 Å². The molecule has 2 aliphatic carbocycles. The summed E-state index contributed by atoms with van der Waals surface area (Å²) >= 11 is 0. The van der Waals surface area contributed by atoms with Gasteiger partial charge in [-0.2, -0.15) is 0 Å². The quantitative estimate of drug-likeness (QED) is 0.150. The highest BCUT2D eigenvalue weighted by atomic mass is 16.5. The molecule has 6 amide bonds. The fraction of sp³-hybridized carbons (Fsp3) is 0.650. The highest BCUT2D eigenvalue weighted by molar-refractivity contribution is 6.37. The Morgan fingerprint density at radius 3 is 2.08 bits per heavy atom. The molecule has 3 aliphatic rings. The van der Waals surface area contributed by atoms with Crippen molar-refractivity contribution in [3.05, 3.63) is 47.0 Å². The number of nitrogens with zero attached hydrogens (tertiary/aromatic N) is 1. The number of Topliss-reactive ketones (excluding diaryl/α,β-unsaturated/α-hetero) is 1. The van der Waals surface area contributed by atoms with Gasteiger partial charge in [-0.05, 0) is 94.6 Å². The minimum atomic E-state index is -1.11. The zero-order valence-corrected chi connectivity index (χ0v) is 32.7. The Hall–Kier alpha value is -4.42. The maximum atomic E-state index is 14.8. The molecule has 6 N–H and O–H groups in total. The number of allylic oxidation sites excluding steroid dienone is 1. The first-order valence-electron chi connectivity index (χ1n) is 18.9. The number of urea groups is 1. The van der Waals surface area contributed by atoms with Gasteiger partial charge in [-0.1, -0.05) is 75.9 Å². The molecule has 13 nitrogen and oxygen atoms in total. The molecule has 0 spiro atoms. The fourth-order valence-corrected chi connectivity index (χ4v) is 7.42. The van der Waals surface area contributed by atoms with Crippen molar-refractivity contribution in [1.82, 2.24) is 26.2 Å². The lowest BCUT2D eigenvalue weighted by molar-refractivity contribution is -0.143. The van der Waals surface area contributed by atoms with Crippen LogP contribution in [0.1, 0.15) is 98.6 Å². The number of ketones is 1. The van der Waals surface area contributed by atoms with Gasteiger partial charge in [0, 0.05) is 12.1 Å². The van der Waals surface area contributed by atoms with Gasteiger partial charge < -0.3 is 36.6 Å². The number of primary amides is 1. The second kappa shape index (κ2) is 17.2. The molecular formula is C40H60N6O7. The zero-order chi connectivity index (χ0) is 39.2. The molecule has 1 heterocycles. The number of likely N-dealkylation sites (tertiary alicyclic amines) is 1. The van der Waals surface area contributed by atoms with Crippen molar-refractivity contribution in [1.29, 1.82) is 0 Å². The van der Waals surface area contributed by atoms with Crippen molar-refractivity contribution in [2.24, 2.45) is 28.9 Å². The molecule has 1 aromatic rings. The minimum absolute atomic E-state index is 0.100. The lowest BCUT2D eigenvalue weighted by Crippen LogP contribution is -2.60. The summed E-state index contributed by atoms with van der Waals surface area (Å²) in [5.41, 5.74) is 7.56. The van der Waals surface area contributed by atoms with Crippen molar-refractivity contribution >= 4 is 35.6 Å². The molecule has 2 fully saturated rings. The third kappa shape index (κ3) is 11.5. The average molecular weight is 737 g/mol. The summed E-state index contributed by atoms with van der Waals surface area (Å²) in [7, 11) is 0. The predicted octanol–water partition coefficient (Wildman–Crippen LogP) is 3.92. The Labute approximate surface area is 314 Å². The second-order valence-corrected chi connectivity index (χ2v) is 17.5. The number of hydrogen-bond acceptors (Lipinski definition) is 7. The van der Waals surface area contributed by atoms with Crippen LogP contribution in [-0.4, -0.2) is 83.4 Å². The second-order valence-electron chi connectivity index (χ2n) is 17.5. The van der Waals surface area contributed by atoms with Gasteiger partial charge in [-0.25, -0.2) is 9.59 Å². The van der Waals surface area contributed by atoms with E-state index in [1.165, 1.54) is 4.90 Å². The van der Waals surface area contributed by atoms with Gasteiger partial charge in [0.2, 0.25) is 17.6 Å². The van der Waals surface area contributed by atoms with Gasteiger partial charge in [0.1, 0.15) is 18.7 Å². The smallest absolute Gasteiger partial charge is 0.407 e. The number of nitrogens with one attached hydrogen (secondary N) is 4. The van der Waals surface area contributed by atoms with Gasteiger partial charge in [0.05, 0.1) is 12.1 Å². The Kier molecular flexibility index (Phi) is 13.4. The summed E-state index contributed by atoms with van der Waals surface area (Å²) in [6.07, 6.45) is 5.96. The van der Waals surface area contributed by atoms with Crippen LogP contribution >= 0.6 is 0 Å². The molecule has 292 valence electrons. The van der Waals surface area contributed by atoms with E-state index in [4.69, 9.17) is 10.5 Å². The molecule has 0 radical (unpaired) electrons. The number of hydrogen-bond donors (Lipinski definition) is 5. The van der Waals surface area contributed by atoms with Crippen LogP contribution in [0.25, 0.3) is 0 Å². The maximum absolute atomic E-state index is 14.8. The Bertz CT molecular complexity index is 1540. The number of benzene rings is 1. The van der Waals surface area contributed by atoms with Crippen molar-refractivity contribution in [3.63, 3.8) is 0 Å². The summed E-state index contributed by atoms with van der Waals surface area (Å²) in [6, 6.07) is 3.69. The Morgan fingerprint density at radius 2 is 1.57 bits per heavy atom.